The van der Waals surface area contributed by atoms with Gasteiger partial charge in [-0.2, -0.15) is 4.99 Å². The first-order valence-corrected chi connectivity index (χ1v) is 8.92. The topological polar surface area (TPSA) is 69.9 Å². The minimum Gasteiger partial charge on any atom is -0.497 e. The molecule has 0 unspecified atom stereocenters. The molecule has 0 aliphatic rings. The number of aryl methyl sites for hydroxylation is 1. The Morgan fingerprint density at radius 3 is 2.70 bits per heavy atom. The number of hydrogen-bond donors (Lipinski definition) is 0. The van der Waals surface area contributed by atoms with Crippen LogP contribution < -0.4 is 9.54 Å². The number of fused-ring (bicyclic) bond motifs is 1. The summed E-state index contributed by atoms with van der Waals surface area (Å²) in [6.07, 6.45) is 0.135. The summed E-state index contributed by atoms with van der Waals surface area (Å²) >= 11 is 1.29. The first kappa shape index (κ1) is 18.8. The van der Waals surface area contributed by atoms with E-state index in [1.54, 1.807) is 17.7 Å². The van der Waals surface area contributed by atoms with E-state index in [1.807, 2.05) is 12.1 Å². The second kappa shape index (κ2) is 8.13. The van der Waals surface area contributed by atoms with Crippen LogP contribution in [0, 0.1) is 5.82 Å². The van der Waals surface area contributed by atoms with E-state index in [1.165, 1.54) is 36.6 Å². The first-order valence-electron chi connectivity index (χ1n) is 8.10. The molecule has 0 saturated heterocycles. The van der Waals surface area contributed by atoms with Crippen molar-refractivity contribution < 1.29 is 23.5 Å². The number of methoxy groups -OCH3 is 2. The van der Waals surface area contributed by atoms with Crippen molar-refractivity contribution in [3.8, 4) is 5.75 Å². The molecule has 8 heteroatoms. The number of halogens is 1. The van der Waals surface area contributed by atoms with Gasteiger partial charge in [0.15, 0.2) is 4.80 Å². The molecular weight excluding hydrogens is 371 g/mol. The highest BCUT2D eigenvalue weighted by molar-refractivity contribution is 7.16. The Labute approximate surface area is 158 Å². The van der Waals surface area contributed by atoms with Gasteiger partial charge in [-0.1, -0.05) is 17.4 Å². The van der Waals surface area contributed by atoms with Gasteiger partial charge < -0.3 is 14.0 Å². The van der Waals surface area contributed by atoms with E-state index >= 15 is 0 Å². The molecule has 0 fully saturated rings. The molecule has 0 aliphatic carbocycles. The number of hydrogen-bond acceptors (Lipinski definition) is 5. The van der Waals surface area contributed by atoms with Gasteiger partial charge in [-0.3, -0.25) is 9.59 Å². The molecule has 2 aromatic carbocycles. The van der Waals surface area contributed by atoms with Gasteiger partial charge in [0, 0.05) is 12.1 Å². The average molecular weight is 388 g/mol. The molecule has 3 rings (SSSR count). The second-order valence-electron chi connectivity index (χ2n) is 5.62. The van der Waals surface area contributed by atoms with Gasteiger partial charge >= 0.3 is 5.97 Å². The standard InChI is InChI=1S/C19H17FN2O4S/c1-25-14-6-7-15-16(11-14)27-19(22(15)9-8-17(23)26-2)21-18(24)12-4-3-5-13(20)10-12/h3-7,10-11H,8-9H2,1-2H3. The normalized spacial score (nSPS) is 11.6. The van der Waals surface area contributed by atoms with Crippen LogP contribution in [0.3, 0.4) is 0 Å². The lowest BCUT2D eigenvalue weighted by molar-refractivity contribution is -0.140. The molecular formula is C19H17FN2O4S. The molecule has 0 aliphatic heterocycles. The summed E-state index contributed by atoms with van der Waals surface area (Å²) < 4.78 is 25.9. The van der Waals surface area contributed by atoms with E-state index in [4.69, 9.17) is 9.47 Å². The van der Waals surface area contributed by atoms with E-state index in [-0.39, 0.29) is 18.0 Å². The lowest BCUT2D eigenvalue weighted by atomic mass is 10.2. The Morgan fingerprint density at radius 1 is 1.19 bits per heavy atom. The Kier molecular flexibility index (Phi) is 5.66. The highest BCUT2D eigenvalue weighted by atomic mass is 32.1. The van der Waals surface area contributed by atoms with E-state index < -0.39 is 11.7 Å². The minimum absolute atomic E-state index is 0.135. The van der Waals surface area contributed by atoms with Crippen LogP contribution in [-0.4, -0.2) is 30.7 Å². The van der Waals surface area contributed by atoms with Crippen LogP contribution in [-0.2, 0) is 16.1 Å². The maximum Gasteiger partial charge on any atom is 0.307 e. The summed E-state index contributed by atoms with van der Waals surface area (Å²) in [5.74, 6) is -0.750. The van der Waals surface area contributed by atoms with Crippen molar-refractivity contribution in [2.24, 2.45) is 4.99 Å². The van der Waals surface area contributed by atoms with Crippen LogP contribution in [0.2, 0.25) is 0 Å². The monoisotopic (exact) mass is 388 g/mol. The quantitative estimate of drug-likeness (QED) is 0.630. The number of esters is 1. The summed E-state index contributed by atoms with van der Waals surface area (Å²) in [4.78, 5) is 28.6. The predicted octanol–water partition coefficient (Wildman–Crippen LogP) is 3.15. The number of nitrogens with zero attached hydrogens (tertiary/aromatic N) is 2. The van der Waals surface area contributed by atoms with Gasteiger partial charge in [-0.25, -0.2) is 4.39 Å². The number of benzene rings is 2. The van der Waals surface area contributed by atoms with Gasteiger partial charge in [0.2, 0.25) is 0 Å². The summed E-state index contributed by atoms with van der Waals surface area (Å²) in [6.45, 7) is 0.300. The summed E-state index contributed by atoms with van der Waals surface area (Å²) in [5, 5.41) is 0. The van der Waals surface area contributed by atoms with Crippen molar-refractivity contribution in [3.63, 3.8) is 0 Å². The molecule has 0 radical (unpaired) electrons. The molecule has 0 saturated carbocycles. The molecule has 0 spiro atoms. The molecule has 27 heavy (non-hydrogen) atoms. The molecule has 0 bridgehead atoms. The molecule has 1 heterocycles. The molecule has 1 amide bonds. The molecule has 6 nitrogen and oxygen atoms in total. The van der Waals surface area contributed by atoms with Gasteiger partial charge in [-0.05, 0) is 36.4 Å². The van der Waals surface area contributed by atoms with Crippen LogP contribution in [0.4, 0.5) is 4.39 Å². The SMILES string of the molecule is COC(=O)CCn1c(=NC(=O)c2cccc(F)c2)sc2cc(OC)ccc21. The molecule has 0 atom stereocenters. The maximum absolute atomic E-state index is 13.4. The average Bonchev–Trinajstić information content (AvgIpc) is 3.01. The number of carbonyl (C=O) groups excluding carboxylic acids is 2. The van der Waals surface area contributed by atoms with Crippen LogP contribution in [0.25, 0.3) is 10.2 Å². The fraction of sp³-hybridized carbons (Fsp3) is 0.211. The van der Waals surface area contributed by atoms with Gasteiger partial charge in [0.05, 0.1) is 30.9 Å². The van der Waals surface area contributed by atoms with Crippen molar-refractivity contribution >= 4 is 33.4 Å². The molecule has 3 aromatic rings. The number of rotatable bonds is 5. The molecule has 140 valence electrons. The van der Waals surface area contributed by atoms with Crippen molar-refractivity contribution in [3.05, 3.63) is 58.6 Å². The summed E-state index contributed by atoms with van der Waals surface area (Å²) in [6, 6.07) is 10.8. The Bertz CT molecular complexity index is 1070. The van der Waals surface area contributed by atoms with Crippen molar-refractivity contribution in [2.75, 3.05) is 14.2 Å². The number of amides is 1. The van der Waals surface area contributed by atoms with Crippen LogP contribution >= 0.6 is 11.3 Å². The number of thiazole rings is 1. The lowest BCUT2D eigenvalue weighted by Crippen LogP contribution is -2.19. The number of ether oxygens (including phenoxy) is 2. The minimum atomic E-state index is -0.556. The molecule has 1 aromatic heterocycles. The second-order valence-corrected chi connectivity index (χ2v) is 6.63. The summed E-state index contributed by atoms with van der Waals surface area (Å²) in [7, 11) is 2.89. The zero-order chi connectivity index (χ0) is 19.4. The zero-order valence-corrected chi connectivity index (χ0v) is 15.6. The van der Waals surface area contributed by atoms with Crippen LogP contribution in [0.1, 0.15) is 16.8 Å². The Hall–Kier alpha value is -3.00. The lowest BCUT2D eigenvalue weighted by Gasteiger charge is -2.05. The highest BCUT2D eigenvalue weighted by Gasteiger charge is 2.12. The third kappa shape index (κ3) is 4.22. The smallest absolute Gasteiger partial charge is 0.307 e. The largest absolute Gasteiger partial charge is 0.497 e. The third-order valence-electron chi connectivity index (χ3n) is 3.93. The van der Waals surface area contributed by atoms with E-state index in [0.29, 0.717) is 17.1 Å². The Morgan fingerprint density at radius 2 is 2.00 bits per heavy atom. The maximum atomic E-state index is 13.4. The van der Waals surface area contributed by atoms with Crippen LogP contribution in [0.5, 0.6) is 5.75 Å². The zero-order valence-electron chi connectivity index (χ0n) is 14.8. The van der Waals surface area contributed by atoms with Crippen molar-refractivity contribution in [2.45, 2.75) is 13.0 Å². The van der Waals surface area contributed by atoms with Crippen molar-refractivity contribution in [1.82, 2.24) is 4.57 Å². The summed E-state index contributed by atoms with van der Waals surface area (Å²) in [5.41, 5.74) is 0.972. The van der Waals surface area contributed by atoms with Gasteiger partial charge in [0.25, 0.3) is 5.91 Å². The molecule has 0 N–H and O–H groups in total. The van der Waals surface area contributed by atoms with E-state index in [0.717, 1.165) is 16.3 Å². The van der Waals surface area contributed by atoms with Crippen LogP contribution in [0.15, 0.2) is 47.5 Å². The Balaban J connectivity index is 2.08. The predicted molar refractivity (Wildman–Crippen MR) is 99.3 cm³/mol. The highest BCUT2D eigenvalue weighted by Crippen LogP contribution is 2.23. The van der Waals surface area contributed by atoms with Gasteiger partial charge in [0.1, 0.15) is 11.6 Å². The third-order valence-corrected chi connectivity index (χ3v) is 4.97. The fourth-order valence-corrected chi connectivity index (χ4v) is 3.64. The van der Waals surface area contributed by atoms with Crippen molar-refractivity contribution in [1.29, 1.82) is 0 Å². The van der Waals surface area contributed by atoms with E-state index in [9.17, 15) is 14.0 Å². The van der Waals surface area contributed by atoms with E-state index in [2.05, 4.69) is 4.99 Å². The number of carbonyl (C=O) groups is 2. The van der Waals surface area contributed by atoms with Gasteiger partial charge in [-0.15, -0.1) is 0 Å². The number of aromatic nitrogens is 1. The first-order chi connectivity index (χ1) is 13.0. The fourth-order valence-electron chi connectivity index (χ4n) is 2.56.